The normalized spacial score (nSPS) is 11.2. The predicted molar refractivity (Wildman–Crippen MR) is 103 cm³/mol. The van der Waals surface area contributed by atoms with Gasteiger partial charge in [0.15, 0.2) is 0 Å². The van der Waals surface area contributed by atoms with Gasteiger partial charge in [0.2, 0.25) is 5.91 Å². The summed E-state index contributed by atoms with van der Waals surface area (Å²) in [7, 11) is 0. The number of nitrogens with zero attached hydrogens (tertiary/aromatic N) is 4. The Morgan fingerprint density at radius 3 is 2.69 bits per heavy atom. The zero-order valence-electron chi connectivity index (χ0n) is 14.1. The Kier molecular flexibility index (Phi) is 5.75. The van der Waals surface area contributed by atoms with Gasteiger partial charge in [-0.25, -0.2) is 0 Å². The van der Waals surface area contributed by atoms with Crippen LogP contribution in [-0.2, 0) is 17.9 Å². The Morgan fingerprint density at radius 1 is 1.15 bits per heavy atom. The van der Waals surface area contributed by atoms with Crippen LogP contribution in [0.4, 0.5) is 5.69 Å². The lowest BCUT2D eigenvalue weighted by atomic mass is 10.2. The largest absolute Gasteiger partial charge is 0.320 e. The molecule has 0 aliphatic rings. The molecular formula is C18H17Cl2N5O. The van der Waals surface area contributed by atoms with E-state index >= 15 is 0 Å². The summed E-state index contributed by atoms with van der Waals surface area (Å²) in [5, 5.41) is 12.2. The Bertz CT molecular complexity index is 945. The molecule has 0 fully saturated rings. The van der Waals surface area contributed by atoms with E-state index in [9.17, 15) is 4.79 Å². The fourth-order valence-corrected chi connectivity index (χ4v) is 2.65. The number of carbonyl (C=O) groups excluding carboxylic acids is 1. The molecule has 8 heteroatoms. The van der Waals surface area contributed by atoms with E-state index < -0.39 is 0 Å². The van der Waals surface area contributed by atoms with Crippen LogP contribution in [0.2, 0.25) is 10.0 Å². The van der Waals surface area contributed by atoms with Gasteiger partial charge in [-0.15, -0.1) is 0 Å². The number of carbonyl (C=O) groups is 1. The topological polar surface area (TPSA) is 64.7 Å². The highest BCUT2D eigenvalue weighted by molar-refractivity contribution is 6.42. The number of rotatable bonds is 6. The van der Waals surface area contributed by atoms with Gasteiger partial charge < -0.3 is 5.32 Å². The predicted octanol–water partition coefficient (Wildman–Crippen LogP) is 4.11. The summed E-state index contributed by atoms with van der Waals surface area (Å²) in [6.45, 7) is 3.32. The van der Waals surface area contributed by atoms with Gasteiger partial charge >= 0.3 is 0 Å². The zero-order chi connectivity index (χ0) is 18.5. The number of nitrogens with one attached hydrogen (secondary N) is 1. The maximum Gasteiger partial charge on any atom is 0.248 e. The Hall–Kier alpha value is -2.57. The lowest BCUT2D eigenvalue weighted by molar-refractivity contribution is -0.111. The molecule has 2 heterocycles. The first-order valence-electron chi connectivity index (χ1n) is 8.01. The van der Waals surface area contributed by atoms with E-state index in [0.29, 0.717) is 22.3 Å². The van der Waals surface area contributed by atoms with Gasteiger partial charge in [-0.05, 0) is 30.7 Å². The van der Waals surface area contributed by atoms with Crippen LogP contribution in [0.5, 0.6) is 0 Å². The summed E-state index contributed by atoms with van der Waals surface area (Å²) in [6, 6.07) is 5.42. The molecule has 1 N–H and O–H groups in total. The van der Waals surface area contributed by atoms with Crippen molar-refractivity contribution in [2.45, 2.75) is 20.0 Å². The molecule has 0 unspecified atom stereocenters. The molecule has 0 saturated carbocycles. The third-order valence-corrected chi connectivity index (χ3v) is 4.37. The van der Waals surface area contributed by atoms with Gasteiger partial charge in [0.25, 0.3) is 0 Å². The van der Waals surface area contributed by atoms with Crippen LogP contribution >= 0.6 is 23.2 Å². The molecule has 3 rings (SSSR count). The van der Waals surface area contributed by atoms with Crippen molar-refractivity contribution in [3.05, 3.63) is 70.2 Å². The van der Waals surface area contributed by atoms with Crippen molar-refractivity contribution < 1.29 is 4.79 Å². The third kappa shape index (κ3) is 4.74. The highest BCUT2D eigenvalue weighted by Crippen LogP contribution is 2.23. The number of halogens is 2. The fourth-order valence-electron chi connectivity index (χ4n) is 2.33. The second-order valence-electron chi connectivity index (χ2n) is 5.63. The minimum absolute atomic E-state index is 0.233. The van der Waals surface area contributed by atoms with Crippen LogP contribution in [-0.4, -0.2) is 25.5 Å². The van der Waals surface area contributed by atoms with Crippen molar-refractivity contribution in [1.82, 2.24) is 19.6 Å². The summed E-state index contributed by atoms with van der Waals surface area (Å²) in [6.07, 6.45) is 10.1. The third-order valence-electron chi connectivity index (χ3n) is 3.63. The summed E-state index contributed by atoms with van der Waals surface area (Å²) in [4.78, 5) is 12.0. The van der Waals surface area contributed by atoms with Crippen molar-refractivity contribution in [2.75, 3.05) is 5.32 Å². The highest BCUT2D eigenvalue weighted by atomic mass is 35.5. The number of hydrogen-bond acceptors (Lipinski definition) is 3. The molecule has 0 radical (unpaired) electrons. The molecule has 0 saturated heterocycles. The van der Waals surface area contributed by atoms with Gasteiger partial charge in [0, 0.05) is 30.6 Å². The van der Waals surface area contributed by atoms with Crippen molar-refractivity contribution in [2.24, 2.45) is 0 Å². The zero-order valence-corrected chi connectivity index (χ0v) is 15.6. The van der Waals surface area contributed by atoms with Crippen molar-refractivity contribution >= 4 is 40.9 Å². The maximum atomic E-state index is 12.0. The van der Waals surface area contributed by atoms with Crippen LogP contribution in [0.25, 0.3) is 6.08 Å². The van der Waals surface area contributed by atoms with E-state index in [1.54, 1.807) is 46.2 Å². The lowest BCUT2D eigenvalue weighted by Gasteiger charge is -2.03. The Morgan fingerprint density at radius 2 is 1.96 bits per heavy atom. The summed E-state index contributed by atoms with van der Waals surface area (Å²) in [5.74, 6) is -0.233. The van der Waals surface area contributed by atoms with E-state index in [-0.39, 0.29) is 5.91 Å². The summed E-state index contributed by atoms with van der Waals surface area (Å²) < 4.78 is 3.51. The van der Waals surface area contributed by atoms with Crippen LogP contribution in [0.3, 0.4) is 0 Å². The average molecular weight is 390 g/mol. The van der Waals surface area contributed by atoms with Gasteiger partial charge in [0.05, 0.1) is 34.7 Å². The minimum Gasteiger partial charge on any atom is -0.320 e. The molecule has 0 aliphatic heterocycles. The summed E-state index contributed by atoms with van der Waals surface area (Å²) in [5.41, 5.74) is 2.45. The molecule has 6 nitrogen and oxygen atoms in total. The molecule has 0 bridgehead atoms. The first kappa shape index (κ1) is 18.2. The highest BCUT2D eigenvalue weighted by Gasteiger charge is 2.04. The monoisotopic (exact) mass is 389 g/mol. The number of hydrogen-bond donors (Lipinski definition) is 1. The van der Waals surface area contributed by atoms with E-state index in [4.69, 9.17) is 23.2 Å². The quantitative estimate of drug-likeness (QED) is 0.645. The van der Waals surface area contributed by atoms with Gasteiger partial charge in [0.1, 0.15) is 0 Å². The number of aryl methyl sites for hydroxylation is 1. The Labute approximate surface area is 161 Å². The number of aromatic nitrogens is 4. The molecule has 0 aliphatic carbocycles. The van der Waals surface area contributed by atoms with Crippen LogP contribution in [0.15, 0.2) is 49.1 Å². The SMILES string of the molecule is CCn1cc(C=CC(=O)Nc2cnn(Cc3ccc(Cl)c(Cl)c3)c2)cn1. The molecular weight excluding hydrogens is 373 g/mol. The van der Waals surface area contributed by atoms with E-state index in [1.807, 2.05) is 19.2 Å². The summed E-state index contributed by atoms with van der Waals surface area (Å²) >= 11 is 11.9. The molecule has 1 amide bonds. The minimum atomic E-state index is -0.233. The van der Waals surface area contributed by atoms with Gasteiger partial charge in [-0.3, -0.25) is 14.2 Å². The van der Waals surface area contributed by atoms with E-state index in [2.05, 4.69) is 15.5 Å². The number of amides is 1. The van der Waals surface area contributed by atoms with E-state index in [1.165, 1.54) is 6.08 Å². The van der Waals surface area contributed by atoms with Gasteiger partial charge in [-0.1, -0.05) is 29.3 Å². The van der Waals surface area contributed by atoms with Crippen molar-refractivity contribution in [1.29, 1.82) is 0 Å². The average Bonchev–Trinajstić information content (AvgIpc) is 3.25. The smallest absolute Gasteiger partial charge is 0.248 e. The van der Waals surface area contributed by atoms with Crippen LogP contribution in [0, 0.1) is 0 Å². The first-order chi connectivity index (χ1) is 12.5. The molecule has 0 atom stereocenters. The van der Waals surface area contributed by atoms with Crippen LogP contribution in [0.1, 0.15) is 18.1 Å². The lowest BCUT2D eigenvalue weighted by Crippen LogP contribution is -2.07. The second kappa shape index (κ2) is 8.21. The second-order valence-corrected chi connectivity index (χ2v) is 6.44. The standard InChI is InChI=1S/C18H17Cl2N5O/c1-2-24-11-14(8-21-24)4-6-18(26)23-15-9-22-25(12-15)10-13-3-5-16(19)17(20)7-13/h3-9,11-12H,2,10H2,1H3,(H,23,26). The molecule has 0 spiro atoms. The van der Waals surface area contributed by atoms with Crippen LogP contribution < -0.4 is 5.32 Å². The molecule has 1 aromatic carbocycles. The van der Waals surface area contributed by atoms with Gasteiger partial charge in [-0.2, -0.15) is 10.2 Å². The first-order valence-corrected chi connectivity index (χ1v) is 8.77. The molecule has 2 aromatic heterocycles. The number of anilines is 1. The molecule has 3 aromatic rings. The van der Waals surface area contributed by atoms with E-state index in [0.717, 1.165) is 17.7 Å². The van der Waals surface area contributed by atoms with Crippen molar-refractivity contribution in [3.63, 3.8) is 0 Å². The number of benzene rings is 1. The Balaban J connectivity index is 1.58. The fraction of sp³-hybridized carbons (Fsp3) is 0.167. The maximum absolute atomic E-state index is 12.0. The van der Waals surface area contributed by atoms with Crippen molar-refractivity contribution in [3.8, 4) is 0 Å². The molecule has 26 heavy (non-hydrogen) atoms. The molecule has 134 valence electrons.